The van der Waals surface area contributed by atoms with Crippen molar-refractivity contribution >= 4 is 34.6 Å². The molecular weight excluding hydrogens is 492 g/mol. The molecule has 4 aromatic rings. The molecule has 10 heteroatoms. The Kier molecular flexibility index (Phi) is 6.69. The van der Waals surface area contributed by atoms with Gasteiger partial charge in [0.15, 0.2) is 0 Å². The van der Waals surface area contributed by atoms with E-state index in [-0.39, 0.29) is 27.2 Å². The zero-order chi connectivity index (χ0) is 24.5. The number of carbonyl (C=O) groups is 1. The monoisotopic (exact) mass is 515 g/mol. The largest absolute Gasteiger partial charge is 0.367 e. The first-order valence-electron chi connectivity index (χ1n) is 11.4. The molecule has 1 saturated heterocycles. The highest BCUT2D eigenvalue weighted by Gasteiger charge is 2.23. The van der Waals surface area contributed by atoms with Crippen LogP contribution in [-0.2, 0) is 13.0 Å². The normalized spacial score (nSPS) is 15.0. The topological polar surface area (TPSA) is 76.6 Å². The molecule has 182 valence electrons. The number of carbonyl (C=O) groups excluding carboxylic acids is 1. The Morgan fingerprint density at radius 3 is 2.69 bits per heavy atom. The summed E-state index contributed by atoms with van der Waals surface area (Å²) in [6.45, 7) is 3.52. The van der Waals surface area contributed by atoms with Gasteiger partial charge in [-0.25, -0.2) is 4.39 Å². The molecule has 0 atom stereocenters. The fourth-order valence-electron chi connectivity index (χ4n) is 4.59. The number of aromatic amines is 2. The van der Waals surface area contributed by atoms with Crippen LogP contribution in [0.4, 0.5) is 4.39 Å². The number of hydrogen-bond acceptors (Lipinski definition) is 3. The Morgan fingerprint density at radius 1 is 1.03 bits per heavy atom. The van der Waals surface area contributed by atoms with Crippen molar-refractivity contribution in [3.05, 3.63) is 97.7 Å². The predicted octanol–water partition coefficient (Wildman–Crippen LogP) is 4.34. The molecule has 0 unspecified atom stereocenters. The van der Waals surface area contributed by atoms with E-state index in [4.69, 9.17) is 23.2 Å². The summed E-state index contributed by atoms with van der Waals surface area (Å²) in [6, 6.07) is 8.06. The second-order valence-corrected chi connectivity index (χ2v) is 9.51. The van der Waals surface area contributed by atoms with Crippen molar-refractivity contribution in [1.29, 1.82) is 0 Å². The first kappa shape index (κ1) is 23.7. The second-order valence-electron chi connectivity index (χ2n) is 8.75. The summed E-state index contributed by atoms with van der Waals surface area (Å²) in [4.78, 5) is 35.2. The molecule has 1 fully saturated rings. The molecule has 1 aliphatic heterocycles. The lowest BCUT2D eigenvalue weighted by Crippen LogP contribution is -2.35. The Balaban J connectivity index is 1.35. The molecule has 3 aromatic heterocycles. The van der Waals surface area contributed by atoms with E-state index in [0.717, 1.165) is 26.1 Å². The summed E-state index contributed by atoms with van der Waals surface area (Å²) in [5.74, 6) is -0.873. The molecule has 1 amide bonds. The standard InChI is InChI=1S/C25H24Cl2FN5O2/c26-20-12-22-24(34)30-14-18(33(22)23(20)27)10-16-2-3-21(28)19(11-16)25(35)32-7-1-6-31(8-9-32)15-17-4-5-29-13-17/h2-5,11-14,29H,1,6-10,15H2,(H,30,34). The summed E-state index contributed by atoms with van der Waals surface area (Å²) in [6.07, 6.45) is 6.56. The second kappa shape index (κ2) is 9.89. The van der Waals surface area contributed by atoms with Crippen LogP contribution in [-0.4, -0.2) is 56.3 Å². The number of H-pyrrole nitrogens is 2. The Bertz CT molecular complexity index is 1430. The molecule has 7 nitrogen and oxygen atoms in total. The first-order valence-corrected chi connectivity index (χ1v) is 12.1. The maximum Gasteiger partial charge on any atom is 0.272 e. The van der Waals surface area contributed by atoms with Gasteiger partial charge < -0.3 is 14.9 Å². The first-order chi connectivity index (χ1) is 16.9. The highest BCUT2D eigenvalue weighted by molar-refractivity contribution is 6.42. The van der Waals surface area contributed by atoms with Gasteiger partial charge in [0.1, 0.15) is 16.5 Å². The fraction of sp³-hybridized carbons (Fsp3) is 0.280. The van der Waals surface area contributed by atoms with E-state index < -0.39 is 5.82 Å². The molecule has 0 aliphatic carbocycles. The minimum Gasteiger partial charge on any atom is -0.367 e. The summed E-state index contributed by atoms with van der Waals surface area (Å²) >= 11 is 12.4. The van der Waals surface area contributed by atoms with Crippen molar-refractivity contribution in [3.8, 4) is 0 Å². The van der Waals surface area contributed by atoms with Crippen LogP contribution in [0, 0.1) is 5.82 Å². The van der Waals surface area contributed by atoms with Gasteiger partial charge in [0, 0.05) is 63.4 Å². The molecule has 4 heterocycles. The number of fused-ring (bicyclic) bond motifs is 1. The average Bonchev–Trinajstić information content (AvgIpc) is 3.39. The molecular formula is C25H24Cl2FN5O2. The summed E-state index contributed by atoms with van der Waals surface area (Å²) in [5, 5.41) is 0.501. The minimum absolute atomic E-state index is 0.0406. The molecule has 5 rings (SSSR count). The van der Waals surface area contributed by atoms with Crippen LogP contribution in [0.5, 0.6) is 0 Å². The number of aromatic nitrogens is 3. The third kappa shape index (κ3) is 4.87. The molecule has 2 N–H and O–H groups in total. The summed E-state index contributed by atoms with van der Waals surface area (Å²) in [7, 11) is 0. The molecule has 0 spiro atoms. The highest BCUT2D eigenvalue weighted by atomic mass is 35.5. The molecule has 0 radical (unpaired) electrons. The van der Waals surface area contributed by atoms with Gasteiger partial charge in [-0.15, -0.1) is 0 Å². The fourth-order valence-corrected chi connectivity index (χ4v) is 5.04. The van der Waals surface area contributed by atoms with Crippen molar-refractivity contribution in [3.63, 3.8) is 0 Å². The van der Waals surface area contributed by atoms with Crippen molar-refractivity contribution < 1.29 is 9.18 Å². The predicted molar refractivity (Wildman–Crippen MR) is 134 cm³/mol. The summed E-state index contributed by atoms with van der Waals surface area (Å²) < 4.78 is 16.3. The van der Waals surface area contributed by atoms with Gasteiger partial charge in [-0.1, -0.05) is 29.3 Å². The smallest absolute Gasteiger partial charge is 0.272 e. The van der Waals surface area contributed by atoms with Crippen molar-refractivity contribution in [2.45, 2.75) is 19.4 Å². The lowest BCUT2D eigenvalue weighted by atomic mass is 10.0. The zero-order valence-corrected chi connectivity index (χ0v) is 20.4. The van der Waals surface area contributed by atoms with Gasteiger partial charge in [-0.2, -0.15) is 0 Å². The number of halogens is 3. The Labute approximate surface area is 211 Å². The van der Waals surface area contributed by atoms with Crippen LogP contribution >= 0.6 is 23.2 Å². The number of hydrogen-bond donors (Lipinski definition) is 2. The van der Waals surface area contributed by atoms with Crippen LogP contribution in [0.15, 0.2) is 53.7 Å². The Hall–Kier alpha value is -3.07. The van der Waals surface area contributed by atoms with Crippen molar-refractivity contribution in [2.75, 3.05) is 26.2 Å². The lowest BCUT2D eigenvalue weighted by molar-refractivity contribution is 0.0756. The van der Waals surface area contributed by atoms with Crippen molar-refractivity contribution in [1.82, 2.24) is 24.2 Å². The van der Waals surface area contributed by atoms with Crippen LogP contribution in [0.2, 0.25) is 10.2 Å². The number of amides is 1. The number of rotatable bonds is 5. The molecule has 1 aromatic carbocycles. The number of nitrogens with zero attached hydrogens (tertiary/aromatic N) is 3. The van der Waals surface area contributed by atoms with E-state index in [2.05, 4.69) is 14.9 Å². The van der Waals surface area contributed by atoms with Crippen LogP contribution in [0.3, 0.4) is 0 Å². The van der Waals surface area contributed by atoms with Crippen molar-refractivity contribution in [2.24, 2.45) is 0 Å². The van der Waals surface area contributed by atoms with E-state index in [1.807, 2.05) is 18.5 Å². The maximum absolute atomic E-state index is 14.8. The van der Waals surface area contributed by atoms with Crippen LogP contribution < -0.4 is 5.56 Å². The highest BCUT2D eigenvalue weighted by Crippen LogP contribution is 2.27. The quantitative estimate of drug-likeness (QED) is 0.415. The van der Waals surface area contributed by atoms with Gasteiger partial charge in [-0.05, 0) is 41.8 Å². The molecule has 0 saturated carbocycles. The number of benzene rings is 1. The molecule has 1 aliphatic rings. The minimum atomic E-state index is -0.555. The average molecular weight is 516 g/mol. The SMILES string of the molecule is O=C(c1cc(Cc2c[nH]c(=O)c3cc(Cl)c(Cl)n23)ccc1F)N1CCCN(Cc2cc[nH]c2)CC1. The van der Waals surface area contributed by atoms with E-state index >= 15 is 0 Å². The summed E-state index contributed by atoms with van der Waals surface area (Å²) in [5.41, 5.74) is 2.63. The van der Waals surface area contributed by atoms with E-state index in [1.165, 1.54) is 17.7 Å². The van der Waals surface area contributed by atoms with Gasteiger partial charge in [0.05, 0.1) is 10.6 Å². The van der Waals surface area contributed by atoms with E-state index in [0.29, 0.717) is 36.3 Å². The molecule has 35 heavy (non-hydrogen) atoms. The third-order valence-corrected chi connectivity index (χ3v) is 7.14. The zero-order valence-electron chi connectivity index (χ0n) is 18.9. The number of nitrogens with one attached hydrogen (secondary N) is 2. The van der Waals surface area contributed by atoms with Gasteiger partial charge >= 0.3 is 0 Å². The van der Waals surface area contributed by atoms with E-state index in [1.54, 1.807) is 27.6 Å². The van der Waals surface area contributed by atoms with Crippen LogP contribution in [0.25, 0.3) is 5.52 Å². The third-order valence-electron chi connectivity index (χ3n) is 6.38. The van der Waals surface area contributed by atoms with Crippen LogP contribution in [0.1, 0.15) is 33.6 Å². The Morgan fingerprint density at radius 2 is 1.89 bits per heavy atom. The maximum atomic E-state index is 14.8. The molecule has 0 bridgehead atoms. The van der Waals surface area contributed by atoms with Gasteiger partial charge in [0.25, 0.3) is 11.5 Å². The van der Waals surface area contributed by atoms with Gasteiger partial charge in [0.2, 0.25) is 0 Å². The van der Waals surface area contributed by atoms with E-state index in [9.17, 15) is 14.0 Å². The van der Waals surface area contributed by atoms with Gasteiger partial charge in [-0.3, -0.25) is 18.9 Å². The lowest BCUT2D eigenvalue weighted by Gasteiger charge is -2.22.